The lowest BCUT2D eigenvalue weighted by Crippen LogP contribution is -2.31. The molecule has 0 spiro atoms. The first-order valence-corrected chi connectivity index (χ1v) is 3.13. The highest BCUT2D eigenvalue weighted by Gasteiger charge is 1.93. The first-order valence-electron chi connectivity index (χ1n) is 2.01. The highest BCUT2D eigenvalue weighted by molar-refractivity contribution is 9.09. The molecular formula is C3H7BrN2O2. The molecule has 0 bridgehead atoms. The third-order valence-corrected chi connectivity index (χ3v) is 0.784. The van der Waals surface area contributed by atoms with Crippen molar-refractivity contribution < 1.29 is 10.0 Å². The number of carbonyl (C=O) groups is 1. The summed E-state index contributed by atoms with van der Waals surface area (Å²) in [6.07, 6.45) is 0. The van der Waals surface area contributed by atoms with E-state index in [0.29, 0.717) is 5.45 Å². The van der Waals surface area contributed by atoms with Crippen molar-refractivity contribution in [3.05, 3.63) is 0 Å². The van der Waals surface area contributed by atoms with Crippen molar-refractivity contribution >= 4 is 21.8 Å². The molecule has 4 nitrogen and oxygen atoms in total. The highest BCUT2D eigenvalue weighted by Crippen LogP contribution is 1.70. The lowest BCUT2D eigenvalue weighted by molar-refractivity contribution is -0.121. The zero-order chi connectivity index (χ0) is 6.41. The standard InChI is InChI=1S/C3H7BrN2O2/c4-2-5-3(7)1-6-8/h6,8H,1-2H2,(H,5,7). The number of alkyl halides is 1. The summed E-state index contributed by atoms with van der Waals surface area (Å²) in [5.74, 6) is -0.246. The summed E-state index contributed by atoms with van der Waals surface area (Å²) in [5, 5.41) is 10.3. The molecule has 0 saturated heterocycles. The Hall–Kier alpha value is -0.130. The van der Waals surface area contributed by atoms with E-state index in [4.69, 9.17) is 5.21 Å². The minimum Gasteiger partial charge on any atom is -0.345 e. The van der Waals surface area contributed by atoms with Gasteiger partial charge in [-0.05, 0) is 0 Å². The van der Waals surface area contributed by atoms with Gasteiger partial charge in [-0.25, -0.2) is 0 Å². The molecule has 0 heterocycles. The lowest BCUT2D eigenvalue weighted by Gasteiger charge is -1.96. The summed E-state index contributed by atoms with van der Waals surface area (Å²) in [5.41, 5.74) is 2.13. The maximum Gasteiger partial charge on any atom is 0.236 e. The summed E-state index contributed by atoms with van der Waals surface area (Å²) in [7, 11) is 0. The SMILES string of the molecule is O=C(CNO)NCBr. The topological polar surface area (TPSA) is 61.4 Å². The Morgan fingerprint density at radius 2 is 2.38 bits per heavy atom. The predicted molar refractivity (Wildman–Crippen MR) is 31.7 cm³/mol. The summed E-state index contributed by atoms with van der Waals surface area (Å²) in [4.78, 5) is 10.3. The van der Waals surface area contributed by atoms with E-state index in [1.165, 1.54) is 0 Å². The quantitative estimate of drug-likeness (QED) is 0.312. The van der Waals surface area contributed by atoms with Gasteiger partial charge in [0, 0.05) is 0 Å². The van der Waals surface area contributed by atoms with Crippen LogP contribution in [0.2, 0.25) is 0 Å². The van der Waals surface area contributed by atoms with Crippen LogP contribution in [0.25, 0.3) is 0 Å². The fraction of sp³-hybridized carbons (Fsp3) is 0.667. The van der Waals surface area contributed by atoms with E-state index in [0.717, 1.165) is 0 Å². The largest absolute Gasteiger partial charge is 0.345 e. The second-order valence-electron chi connectivity index (χ2n) is 1.07. The van der Waals surface area contributed by atoms with Crippen molar-refractivity contribution in [2.24, 2.45) is 0 Å². The Balaban J connectivity index is 3.06. The number of rotatable bonds is 3. The smallest absolute Gasteiger partial charge is 0.236 e. The van der Waals surface area contributed by atoms with Crippen LogP contribution in [0.4, 0.5) is 0 Å². The van der Waals surface area contributed by atoms with Crippen LogP contribution in [0.5, 0.6) is 0 Å². The summed E-state index contributed by atoms with van der Waals surface area (Å²) in [6.45, 7) is -0.0639. The molecule has 0 aliphatic rings. The maximum atomic E-state index is 10.3. The van der Waals surface area contributed by atoms with Crippen molar-refractivity contribution in [2.45, 2.75) is 0 Å². The molecule has 0 aromatic carbocycles. The van der Waals surface area contributed by atoms with Gasteiger partial charge in [0.1, 0.15) is 0 Å². The molecule has 0 aliphatic heterocycles. The molecule has 5 heteroatoms. The van der Waals surface area contributed by atoms with Gasteiger partial charge >= 0.3 is 0 Å². The van der Waals surface area contributed by atoms with Crippen molar-refractivity contribution in [3.8, 4) is 0 Å². The Labute approximate surface area is 55.3 Å². The van der Waals surface area contributed by atoms with E-state index in [2.05, 4.69) is 21.2 Å². The average Bonchev–Trinajstić information content (AvgIpc) is 1.68. The average molecular weight is 183 g/mol. The van der Waals surface area contributed by atoms with Gasteiger partial charge in [0.25, 0.3) is 0 Å². The molecule has 0 atom stereocenters. The number of hydrogen-bond donors (Lipinski definition) is 3. The number of hydrogen-bond acceptors (Lipinski definition) is 3. The van der Waals surface area contributed by atoms with E-state index in [9.17, 15) is 4.79 Å². The summed E-state index contributed by atoms with van der Waals surface area (Å²) in [6, 6.07) is 0. The van der Waals surface area contributed by atoms with Gasteiger partial charge in [-0.1, -0.05) is 15.9 Å². The zero-order valence-corrected chi connectivity index (χ0v) is 5.73. The van der Waals surface area contributed by atoms with E-state index in [1.807, 2.05) is 0 Å². The molecule has 0 fully saturated rings. The zero-order valence-electron chi connectivity index (χ0n) is 4.15. The molecule has 8 heavy (non-hydrogen) atoms. The second-order valence-corrected chi connectivity index (χ2v) is 1.63. The Morgan fingerprint density at radius 1 is 1.75 bits per heavy atom. The highest BCUT2D eigenvalue weighted by atomic mass is 79.9. The Bertz CT molecular complexity index is 69.7. The molecule has 0 aliphatic carbocycles. The van der Waals surface area contributed by atoms with Crippen LogP contribution < -0.4 is 10.8 Å². The number of nitrogens with one attached hydrogen (secondary N) is 2. The molecule has 0 aromatic rings. The molecule has 0 rings (SSSR count). The molecule has 0 radical (unpaired) electrons. The molecular weight excluding hydrogens is 176 g/mol. The van der Waals surface area contributed by atoms with Gasteiger partial charge in [-0.15, -0.1) is 0 Å². The number of carbonyl (C=O) groups excluding carboxylic acids is 1. The first-order chi connectivity index (χ1) is 3.81. The van der Waals surface area contributed by atoms with Gasteiger partial charge in [0.15, 0.2) is 0 Å². The fourth-order valence-corrected chi connectivity index (χ4v) is 0.522. The summed E-state index contributed by atoms with van der Waals surface area (Å²) >= 11 is 2.98. The monoisotopic (exact) mass is 182 g/mol. The first kappa shape index (κ1) is 7.87. The second kappa shape index (κ2) is 5.02. The minimum absolute atomic E-state index is 0.0639. The van der Waals surface area contributed by atoms with Gasteiger partial charge in [0.2, 0.25) is 5.91 Å². The molecule has 0 aromatic heterocycles. The molecule has 0 saturated carbocycles. The van der Waals surface area contributed by atoms with E-state index < -0.39 is 0 Å². The van der Waals surface area contributed by atoms with Crippen molar-refractivity contribution in [2.75, 3.05) is 12.0 Å². The van der Waals surface area contributed by atoms with Crippen molar-refractivity contribution in [1.29, 1.82) is 0 Å². The fourth-order valence-electron chi connectivity index (χ4n) is 0.209. The van der Waals surface area contributed by atoms with Crippen LogP contribution in [0.1, 0.15) is 0 Å². The van der Waals surface area contributed by atoms with E-state index in [-0.39, 0.29) is 12.5 Å². The molecule has 1 amide bonds. The molecule has 3 N–H and O–H groups in total. The lowest BCUT2D eigenvalue weighted by atomic mass is 10.6. The molecule has 0 unspecified atom stereocenters. The van der Waals surface area contributed by atoms with Crippen LogP contribution in [0.15, 0.2) is 0 Å². The van der Waals surface area contributed by atoms with Crippen molar-refractivity contribution in [1.82, 2.24) is 10.8 Å². The van der Waals surface area contributed by atoms with Gasteiger partial charge in [-0.3, -0.25) is 4.79 Å². The minimum atomic E-state index is -0.246. The normalized spacial score (nSPS) is 8.75. The van der Waals surface area contributed by atoms with Crippen LogP contribution in [-0.2, 0) is 4.79 Å². The Kier molecular flexibility index (Phi) is 4.93. The Morgan fingerprint density at radius 3 is 2.75 bits per heavy atom. The van der Waals surface area contributed by atoms with E-state index >= 15 is 0 Å². The third-order valence-electron chi connectivity index (χ3n) is 0.504. The van der Waals surface area contributed by atoms with Crippen LogP contribution in [0, 0.1) is 0 Å². The van der Waals surface area contributed by atoms with Gasteiger partial charge in [-0.2, -0.15) is 5.48 Å². The molecule has 48 valence electrons. The number of halogens is 1. The maximum absolute atomic E-state index is 10.3. The van der Waals surface area contributed by atoms with Crippen molar-refractivity contribution in [3.63, 3.8) is 0 Å². The van der Waals surface area contributed by atoms with Crippen LogP contribution in [-0.4, -0.2) is 23.1 Å². The summed E-state index contributed by atoms with van der Waals surface area (Å²) < 4.78 is 0. The van der Waals surface area contributed by atoms with E-state index in [1.54, 1.807) is 5.48 Å². The third kappa shape index (κ3) is 4.04. The van der Waals surface area contributed by atoms with Gasteiger partial charge < -0.3 is 10.5 Å². The van der Waals surface area contributed by atoms with Crippen LogP contribution >= 0.6 is 15.9 Å². The van der Waals surface area contributed by atoms with Crippen LogP contribution in [0.3, 0.4) is 0 Å². The predicted octanol–water partition coefficient (Wildman–Crippen LogP) is -0.566. The number of amides is 1. The van der Waals surface area contributed by atoms with Gasteiger partial charge in [0.05, 0.1) is 12.0 Å². The number of hydroxylamine groups is 1.